The predicted molar refractivity (Wildman–Crippen MR) is 72.9 cm³/mol. The number of nitriles is 1. The molecule has 1 heterocycles. The lowest BCUT2D eigenvalue weighted by molar-refractivity contribution is 0.858. The Kier molecular flexibility index (Phi) is 3.90. The Hall–Kier alpha value is -1.93. The average Bonchev–Trinajstić information content (AvgIpc) is 2.39. The van der Waals surface area contributed by atoms with E-state index in [1.165, 1.54) is 0 Å². The van der Waals surface area contributed by atoms with Crippen LogP contribution >= 0.6 is 15.9 Å². The minimum atomic E-state index is 0.115. The van der Waals surface area contributed by atoms with Crippen molar-refractivity contribution in [3.8, 4) is 6.07 Å². The fourth-order valence-electron chi connectivity index (χ4n) is 1.55. The van der Waals surface area contributed by atoms with Crippen LogP contribution in [0.15, 0.2) is 40.9 Å². The summed E-state index contributed by atoms with van der Waals surface area (Å²) in [4.78, 5) is 0. The molecule has 1 aromatic heterocycles. The molecule has 0 aliphatic carbocycles. The zero-order valence-corrected chi connectivity index (χ0v) is 11.3. The summed E-state index contributed by atoms with van der Waals surface area (Å²) in [5.74, 6) is 0.654. The highest BCUT2D eigenvalue weighted by Crippen LogP contribution is 2.20. The summed E-state index contributed by atoms with van der Waals surface area (Å²) >= 11 is 3.44. The van der Waals surface area contributed by atoms with Crippen molar-refractivity contribution in [2.75, 3.05) is 5.32 Å². The fraction of sp³-hybridized carbons (Fsp3) is 0.154. The Balaban J connectivity index is 2.11. The smallest absolute Gasteiger partial charge is 0.163 e. The van der Waals surface area contributed by atoms with Gasteiger partial charge in [-0.2, -0.15) is 5.26 Å². The number of benzene rings is 1. The molecule has 1 aromatic carbocycles. The summed E-state index contributed by atoms with van der Waals surface area (Å²) in [5.41, 5.74) is 1.46. The minimum Gasteiger partial charge on any atom is -0.362 e. The number of nitrogens with one attached hydrogen (secondary N) is 1. The molecule has 1 atom stereocenters. The number of hydrogen-bond acceptors (Lipinski definition) is 4. The first-order chi connectivity index (χ1) is 8.69. The molecule has 2 aromatic rings. The van der Waals surface area contributed by atoms with Crippen molar-refractivity contribution in [3.05, 3.63) is 52.1 Å². The second kappa shape index (κ2) is 5.61. The Morgan fingerprint density at radius 3 is 2.72 bits per heavy atom. The second-order valence-corrected chi connectivity index (χ2v) is 4.75. The van der Waals surface area contributed by atoms with Crippen LogP contribution in [-0.2, 0) is 0 Å². The van der Waals surface area contributed by atoms with E-state index in [-0.39, 0.29) is 6.04 Å². The number of halogens is 1. The summed E-state index contributed by atoms with van der Waals surface area (Å²) in [6, 6.07) is 13.5. The molecule has 0 bridgehead atoms. The van der Waals surface area contributed by atoms with Gasteiger partial charge in [0.1, 0.15) is 11.9 Å². The summed E-state index contributed by atoms with van der Waals surface area (Å²) in [6.07, 6.45) is 0. The van der Waals surface area contributed by atoms with E-state index in [0.717, 1.165) is 10.0 Å². The third kappa shape index (κ3) is 3.05. The van der Waals surface area contributed by atoms with Crippen LogP contribution in [0.4, 0.5) is 5.82 Å². The number of anilines is 1. The van der Waals surface area contributed by atoms with E-state index in [2.05, 4.69) is 37.5 Å². The maximum atomic E-state index is 8.64. The average molecular weight is 303 g/mol. The minimum absolute atomic E-state index is 0.115. The highest BCUT2D eigenvalue weighted by Gasteiger charge is 2.06. The maximum absolute atomic E-state index is 8.64. The van der Waals surface area contributed by atoms with E-state index in [9.17, 15) is 0 Å². The Morgan fingerprint density at radius 2 is 2.11 bits per heavy atom. The molecular formula is C13H11BrN4. The molecule has 0 spiro atoms. The summed E-state index contributed by atoms with van der Waals surface area (Å²) < 4.78 is 1.04. The van der Waals surface area contributed by atoms with Crippen molar-refractivity contribution in [2.24, 2.45) is 0 Å². The SMILES string of the molecule is CC(Nc1ccc(C#N)nn1)c1cccc(Br)c1. The number of rotatable bonds is 3. The van der Waals surface area contributed by atoms with Crippen molar-refractivity contribution in [1.29, 1.82) is 5.26 Å². The standard InChI is InChI=1S/C13H11BrN4/c1-9(10-3-2-4-11(14)7-10)16-13-6-5-12(8-15)17-18-13/h2-7,9H,1H3,(H,16,18). The molecular weight excluding hydrogens is 292 g/mol. The molecule has 0 aliphatic heterocycles. The lowest BCUT2D eigenvalue weighted by Gasteiger charge is -2.14. The zero-order chi connectivity index (χ0) is 13.0. The summed E-state index contributed by atoms with van der Waals surface area (Å²) in [5, 5.41) is 19.6. The molecule has 1 N–H and O–H groups in total. The molecule has 0 fully saturated rings. The van der Waals surface area contributed by atoms with Crippen molar-refractivity contribution in [3.63, 3.8) is 0 Å². The van der Waals surface area contributed by atoms with Crippen LogP contribution in [0.2, 0.25) is 0 Å². The van der Waals surface area contributed by atoms with Gasteiger partial charge in [-0.15, -0.1) is 10.2 Å². The van der Waals surface area contributed by atoms with E-state index < -0.39 is 0 Å². The van der Waals surface area contributed by atoms with Gasteiger partial charge in [0.05, 0.1) is 6.04 Å². The number of hydrogen-bond donors (Lipinski definition) is 1. The van der Waals surface area contributed by atoms with E-state index in [4.69, 9.17) is 5.26 Å². The third-order valence-electron chi connectivity index (χ3n) is 2.49. The predicted octanol–water partition coefficient (Wildman–Crippen LogP) is 3.28. The lowest BCUT2D eigenvalue weighted by Crippen LogP contribution is -2.08. The van der Waals surface area contributed by atoms with Crippen molar-refractivity contribution < 1.29 is 0 Å². The second-order valence-electron chi connectivity index (χ2n) is 3.84. The van der Waals surface area contributed by atoms with Gasteiger partial charge in [0.15, 0.2) is 5.69 Å². The van der Waals surface area contributed by atoms with Gasteiger partial charge in [-0.1, -0.05) is 28.1 Å². The molecule has 0 saturated heterocycles. The van der Waals surface area contributed by atoms with Crippen LogP contribution in [0.3, 0.4) is 0 Å². The monoisotopic (exact) mass is 302 g/mol. The third-order valence-corrected chi connectivity index (χ3v) is 2.99. The molecule has 2 rings (SSSR count). The van der Waals surface area contributed by atoms with E-state index in [0.29, 0.717) is 11.5 Å². The summed E-state index contributed by atoms with van der Waals surface area (Å²) in [6.45, 7) is 2.04. The topological polar surface area (TPSA) is 61.6 Å². The van der Waals surface area contributed by atoms with Crippen LogP contribution in [0.5, 0.6) is 0 Å². The van der Waals surface area contributed by atoms with Crippen LogP contribution in [0, 0.1) is 11.3 Å². The molecule has 5 heteroatoms. The van der Waals surface area contributed by atoms with Gasteiger partial charge in [0.25, 0.3) is 0 Å². The Labute approximate surface area is 114 Å². The lowest BCUT2D eigenvalue weighted by atomic mass is 10.1. The molecule has 90 valence electrons. The molecule has 0 saturated carbocycles. The van der Waals surface area contributed by atoms with Gasteiger partial charge >= 0.3 is 0 Å². The van der Waals surface area contributed by atoms with Crippen LogP contribution < -0.4 is 5.32 Å². The van der Waals surface area contributed by atoms with Gasteiger partial charge in [-0.05, 0) is 36.8 Å². The van der Waals surface area contributed by atoms with Crippen LogP contribution in [0.1, 0.15) is 24.2 Å². The number of nitrogens with zero attached hydrogens (tertiary/aromatic N) is 3. The van der Waals surface area contributed by atoms with Gasteiger partial charge in [0, 0.05) is 4.47 Å². The fourth-order valence-corrected chi connectivity index (χ4v) is 1.97. The van der Waals surface area contributed by atoms with E-state index in [1.54, 1.807) is 12.1 Å². The highest BCUT2D eigenvalue weighted by molar-refractivity contribution is 9.10. The van der Waals surface area contributed by atoms with Crippen LogP contribution in [-0.4, -0.2) is 10.2 Å². The first-order valence-corrected chi connectivity index (χ1v) is 6.24. The molecule has 0 amide bonds. The largest absolute Gasteiger partial charge is 0.362 e. The highest BCUT2D eigenvalue weighted by atomic mass is 79.9. The molecule has 0 aliphatic rings. The maximum Gasteiger partial charge on any atom is 0.163 e. The Morgan fingerprint density at radius 1 is 1.28 bits per heavy atom. The quantitative estimate of drug-likeness (QED) is 0.945. The number of aromatic nitrogens is 2. The molecule has 1 unspecified atom stereocenters. The van der Waals surface area contributed by atoms with Crippen LogP contribution in [0.25, 0.3) is 0 Å². The Bertz CT molecular complexity index is 574. The molecule has 18 heavy (non-hydrogen) atoms. The van der Waals surface area contributed by atoms with Crippen molar-refractivity contribution in [1.82, 2.24) is 10.2 Å². The van der Waals surface area contributed by atoms with Gasteiger partial charge < -0.3 is 5.32 Å². The van der Waals surface area contributed by atoms with Crippen molar-refractivity contribution >= 4 is 21.7 Å². The normalized spacial score (nSPS) is 11.6. The van der Waals surface area contributed by atoms with Gasteiger partial charge in [-0.3, -0.25) is 0 Å². The summed E-state index contributed by atoms with van der Waals surface area (Å²) in [7, 11) is 0. The van der Waals surface area contributed by atoms with E-state index >= 15 is 0 Å². The van der Waals surface area contributed by atoms with Gasteiger partial charge in [0.2, 0.25) is 0 Å². The van der Waals surface area contributed by atoms with Gasteiger partial charge in [-0.25, -0.2) is 0 Å². The van der Waals surface area contributed by atoms with Crippen molar-refractivity contribution in [2.45, 2.75) is 13.0 Å². The molecule has 4 nitrogen and oxygen atoms in total. The zero-order valence-electron chi connectivity index (χ0n) is 9.76. The first kappa shape index (κ1) is 12.5. The van der Waals surface area contributed by atoms with E-state index in [1.807, 2.05) is 31.2 Å². The molecule has 0 radical (unpaired) electrons. The first-order valence-electron chi connectivity index (χ1n) is 5.45.